The first-order valence-electron chi connectivity index (χ1n) is 5.46. The van der Waals surface area contributed by atoms with E-state index < -0.39 is 0 Å². The maximum absolute atomic E-state index is 12.1. The molecule has 1 N–H and O–H groups in total. The zero-order chi connectivity index (χ0) is 11.1. The second-order valence-corrected chi connectivity index (χ2v) is 4.17. The summed E-state index contributed by atoms with van der Waals surface area (Å²) < 4.78 is 0. The summed E-state index contributed by atoms with van der Waals surface area (Å²) in [7, 11) is 0. The first-order valence-corrected chi connectivity index (χ1v) is 5.46. The predicted molar refractivity (Wildman–Crippen MR) is 65.5 cm³/mol. The molecule has 1 aromatic carbocycles. The lowest BCUT2D eigenvalue weighted by Crippen LogP contribution is -2.41. The van der Waals surface area contributed by atoms with Gasteiger partial charge in [-0.3, -0.25) is 14.5 Å². The molecule has 2 amide bonds. The van der Waals surface area contributed by atoms with Crippen molar-refractivity contribution < 1.29 is 9.59 Å². The van der Waals surface area contributed by atoms with Gasteiger partial charge in [-0.15, -0.1) is 12.4 Å². The van der Waals surface area contributed by atoms with Crippen LogP contribution in [0.1, 0.15) is 27.1 Å². The molecule has 2 aliphatic heterocycles. The van der Waals surface area contributed by atoms with Gasteiger partial charge in [-0.1, -0.05) is 12.1 Å². The smallest absolute Gasteiger partial charge is 0.261 e. The van der Waals surface area contributed by atoms with Crippen LogP contribution in [0.2, 0.25) is 0 Å². The highest BCUT2D eigenvalue weighted by atomic mass is 35.5. The van der Waals surface area contributed by atoms with Crippen molar-refractivity contribution in [2.75, 3.05) is 13.1 Å². The summed E-state index contributed by atoms with van der Waals surface area (Å²) in [5.41, 5.74) is 1.08. The Hall–Kier alpha value is -1.39. The van der Waals surface area contributed by atoms with E-state index in [1.807, 2.05) is 0 Å². The zero-order valence-electron chi connectivity index (χ0n) is 9.18. The summed E-state index contributed by atoms with van der Waals surface area (Å²) in [5.74, 6) is -0.288. The van der Waals surface area contributed by atoms with Crippen molar-refractivity contribution in [2.45, 2.75) is 12.5 Å². The van der Waals surface area contributed by atoms with Gasteiger partial charge < -0.3 is 5.32 Å². The van der Waals surface area contributed by atoms with Crippen LogP contribution in [-0.4, -0.2) is 35.8 Å². The molecule has 0 bridgehead atoms. The van der Waals surface area contributed by atoms with Gasteiger partial charge in [-0.2, -0.15) is 0 Å². The number of imide groups is 1. The zero-order valence-corrected chi connectivity index (χ0v) is 10.00. The Morgan fingerprint density at radius 1 is 1.12 bits per heavy atom. The van der Waals surface area contributed by atoms with Gasteiger partial charge in [0.2, 0.25) is 0 Å². The Labute approximate surface area is 105 Å². The van der Waals surface area contributed by atoms with Crippen molar-refractivity contribution in [3.05, 3.63) is 35.4 Å². The van der Waals surface area contributed by atoms with E-state index in [4.69, 9.17) is 0 Å². The maximum atomic E-state index is 12.1. The van der Waals surface area contributed by atoms with Crippen LogP contribution in [0.3, 0.4) is 0 Å². The number of fused-ring (bicyclic) bond motifs is 1. The Balaban J connectivity index is 0.00000108. The lowest BCUT2D eigenvalue weighted by molar-refractivity contribution is 0.0597. The minimum Gasteiger partial charge on any atom is -0.315 e. The number of hydrogen-bond donors (Lipinski definition) is 1. The van der Waals surface area contributed by atoms with Crippen molar-refractivity contribution >= 4 is 24.2 Å². The fourth-order valence-electron chi connectivity index (χ4n) is 2.40. The van der Waals surface area contributed by atoms with Crippen LogP contribution in [-0.2, 0) is 0 Å². The summed E-state index contributed by atoms with van der Waals surface area (Å²) in [6.45, 7) is 1.59. The number of carbonyl (C=O) groups is 2. The fourth-order valence-corrected chi connectivity index (χ4v) is 2.40. The van der Waals surface area contributed by atoms with Crippen LogP contribution in [0.15, 0.2) is 24.3 Å². The summed E-state index contributed by atoms with van der Waals surface area (Å²) in [5, 5.41) is 3.17. The highest BCUT2D eigenvalue weighted by molar-refractivity contribution is 6.21. The van der Waals surface area contributed by atoms with E-state index in [2.05, 4.69) is 5.32 Å². The average molecular weight is 253 g/mol. The number of nitrogens with one attached hydrogen (secondary N) is 1. The summed E-state index contributed by atoms with van der Waals surface area (Å²) in [6, 6.07) is 7.05. The molecule has 2 aliphatic rings. The highest BCUT2D eigenvalue weighted by Gasteiger charge is 2.40. The largest absolute Gasteiger partial charge is 0.315 e. The van der Waals surface area contributed by atoms with E-state index >= 15 is 0 Å². The fraction of sp³-hybridized carbons (Fsp3) is 0.333. The van der Waals surface area contributed by atoms with E-state index in [-0.39, 0.29) is 30.3 Å². The molecule has 0 spiro atoms. The molecular weight excluding hydrogens is 240 g/mol. The van der Waals surface area contributed by atoms with Crippen LogP contribution >= 0.6 is 12.4 Å². The molecule has 0 radical (unpaired) electrons. The van der Waals surface area contributed by atoms with Gasteiger partial charge in [0.05, 0.1) is 17.2 Å². The van der Waals surface area contributed by atoms with Crippen LogP contribution < -0.4 is 5.32 Å². The molecule has 0 aliphatic carbocycles. The van der Waals surface area contributed by atoms with Crippen LogP contribution in [0.5, 0.6) is 0 Å². The number of benzene rings is 1. The normalized spacial score (nSPS) is 22.6. The van der Waals surface area contributed by atoms with Crippen LogP contribution in [0.25, 0.3) is 0 Å². The molecule has 17 heavy (non-hydrogen) atoms. The number of nitrogens with zero attached hydrogens (tertiary/aromatic N) is 1. The lowest BCUT2D eigenvalue weighted by atomic mass is 10.1. The molecule has 4 nitrogen and oxygen atoms in total. The quantitative estimate of drug-likeness (QED) is 0.761. The van der Waals surface area contributed by atoms with Gasteiger partial charge >= 0.3 is 0 Å². The molecule has 1 atom stereocenters. The predicted octanol–water partition coefficient (Wildman–Crippen LogP) is 1.07. The minimum absolute atomic E-state index is 0. The number of halogens is 1. The van der Waals surface area contributed by atoms with Crippen molar-refractivity contribution in [3.8, 4) is 0 Å². The monoisotopic (exact) mass is 252 g/mol. The molecule has 5 heteroatoms. The Kier molecular flexibility index (Phi) is 3.17. The van der Waals surface area contributed by atoms with Crippen molar-refractivity contribution in [3.63, 3.8) is 0 Å². The van der Waals surface area contributed by atoms with E-state index in [1.165, 1.54) is 4.90 Å². The highest BCUT2D eigenvalue weighted by Crippen LogP contribution is 2.26. The molecule has 0 unspecified atom stereocenters. The number of carbonyl (C=O) groups excluding carboxylic acids is 2. The van der Waals surface area contributed by atoms with Gasteiger partial charge in [0.25, 0.3) is 11.8 Å². The first kappa shape index (κ1) is 12.1. The van der Waals surface area contributed by atoms with Gasteiger partial charge in [0.1, 0.15) is 0 Å². The molecule has 1 aromatic rings. The van der Waals surface area contributed by atoms with E-state index in [1.54, 1.807) is 24.3 Å². The summed E-state index contributed by atoms with van der Waals surface area (Å²) in [4.78, 5) is 25.6. The second-order valence-electron chi connectivity index (χ2n) is 4.17. The minimum atomic E-state index is -0.144. The molecule has 3 rings (SSSR count). The molecular formula is C12H13ClN2O2. The molecule has 0 saturated carbocycles. The summed E-state index contributed by atoms with van der Waals surface area (Å²) >= 11 is 0. The molecule has 1 saturated heterocycles. The molecule has 1 fully saturated rings. The van der Waals surface area contributed by atoms with Gasteiger partial charge in [0.15, 0.2) is 0 Å². The number of rotatable bonds is 1. The molecule has 2 heterocycles. The Morgan fingerprint density at radius 2 is 1.71 bits per heavy atom. The third kappa shape index (κ3) is 1.73. The van der Waals surface area contributed by atoms with Crippen LogP contribution in [0.4, 0.5) is 0 Å². The maximum Gasteiger partial charge on any atom is 0.261 e. The SMILES string of the molecule is Cl.O=C1c2ccccc2C(=O)N1[C@H]1CCNC1. The van der Waals surface area contributed by atoms with Crippen molar-refractivity contribution in [1.82, 2.24) is 10.2 Å². The molecule has 0 aromatic heterocycles. The van der Waals surface area contributed by atoms with E-state index in [0.29, 0.717) is 17.7 Å². The van der Waals surface area contributed by atoms with E-state index in [9.17, 15) is 9.59 Å². The van der Waals surface area contributed by atoms with E-state index in [0.717, 1.165) is 13.0 Å². The number of hydrogen-bond acceptors (Lipinski definition) is 3. The first-order chi connectivity index (χ1) is 7.79. The van der Waals surface area contributed by atoms with Crippen molar-refractivity contribution in [2.24, 2.45) is 0 Å². The van der Waals surface area contributed by atoms with Gasteiger partial charge in [0, 0.05) is 6.54 Å². The third-order valence-electron chi connectivity index (χ3n) is 3.22. The topological polar surface area (TPSA) is 49.4 Å². The van der Waals surface area contributed by atoms with Gasteiger partial charge in [-0.25, -0.2) is 0 Å². The number of amides is 2. The third-order valence-corrected chi connectivity index (χ3v) is 3.22. The van der Waals surface area contributed by atoms with Crippen LogP contribution in [0, 0.1) is 0 Å². The van der Waals surface area contributed by atoms with Crippen molar-refractivity contribution in [1.29, 1.82) is 0 Å². The standard InChI is InChI=1S/C12H12N2O2.ClH/c15-11-9-3-1-2-4-10(9)12(16)14(11)8-5-6-13-7-8;/h1-4,8,13H,5-7H2;1H/t8-;/m0./s1. The van der Waals surface area contributed by atoms with Gasteiger partial charge in [-0.05, 0) is 25.1 Å². The average Bonchev–Trinajstić information content (AvgIpc) is 2.89. The Bertz CT molecular complexity index is 434. The second kappa shape index (κ2) is 4.47. The Morgan fingerprint density at radius 3 is 2.18 bits per heavy atom. The lowest BCUT2D eigenvalue weighted by Gasteiger charge is -2.20. The summed E-state index contributed by atoms with van der Waals surface area (Å²) in [6.07, 6.45) is 0.853. The molecule has 90 valence electrons.